The number of piperazine rings is 1. The van der Waals surface area contributed by atoms with Crippen LogP contribution in [0.25, 0.3) is 0 Å². The van der Waals surface area contributed by atoms with Gasteiger partial charge >= 0.3 is 0 Å². The first-order valence-electron chi connectivity index (χ1n) is 8.16. The molecule has 0 radical (unpaired) electrons. The summed E-state index contributed by atoms with van der Waals surface area (Å²) < 4.78 is 0. The Morgan fingerprint density at radius 1 is 1.25 bits per heavy atom. The molecule has 1 saturated carbocycles. The third-order valence-electron chi connectivity index (χ3n) is 5.36. The van der Waals surface area contributed by atoms with Gasteiger partial charge in [0, 0.05) is 31.2 Å². The van der Waals surface area contributed by atoms with E-state index in [2.05, 4.69) is 55.3 Å². The lowest BCUT2D eigenvalue weighted by molar-refractivity contribution is 0.0270. The minimum atomic E-state index is 0.358. The smallest absolute Gasteiger partial charge is 0.0338 e. The maximum atomic E-state index is 3.76. The highest BCUT2D eigenvalue weighted by molar-refractivity contribution is 5.22. The fourth-order valence-corrected chi connectivity index (χ4v) is 3.54. The minimum absolute atomic E-state index is 0.358. The predicted octanol–water partition coefficient (Wildman–Crippen LogP) is 3.35. The lowest BCUT2D eigenvalue weighted by atomic mass is 9.88. The van der Waals surface area contributed by atoms with E-state index in [9.17, 15) is 0 Å². The molecule has 2 unspecified atom stereocenters. The van der Waals surface area contributed by atoms with E-state index in [0.29, 0.717) is 11.6 Å². The number of nitrogens with one attached hydrogen (secondary N) is 1. The standard InChI is InChI=1S/C18H28N2/c1-4-17-12-20(11-15-7-5-14(2)6-8-15)18(3,13-19-17)16-9-10-16/h5-8,16-17,19H,4,9-13H2,1-3H3. The molecule has 1 heterocycles. The Labute approximate surface area is 123 Å². The van der Waals surface area contributed by atoms with Crippen LogP contribution in [0.5, 0.6) is 0 Å². The van der Waals surface area contributed by atoms with Crippen LogP contribution in [0.2, 0.25) is 0 Å². The second-order valence-electron chi connectivity index (χ2n) is 6.98. The normalized spacial score (nSPS) is 31.4. The first-order valence-corrected chi connectivity index (χ1v) is 8.16. The van der Waals surface area contributed by atoms with Crippen LogP contribution < -0.4 is 5.32 Å². The van der Waals surface area contributed by atoms with Crippen molar-refractivity contribution in [3.05, 3.63) is 35.4 Å². The average Bonchev–Trinajstić information content (AvgIpc) is 3.28. The highest BCUT2D eigenvalue weighted by Crippen LogP contribution is 2.44. The Balaban J connectivity index is 1.76. The zero-order valence-corrected chi connectivity index (χ0v) is 13.2. The molecule has 0 amide bonds. The molecule has 2 fully saturated rings. The van der Waals surface area contributed by atoms with Crippen molar-refractivity contribution in [2.45, 2.75) is 58.2 Å². The van der Waals surface area contributed by atoms with E-state index in [1.54, 1.807) is 0 Å². The molecule has 1 aliphatic heterocycles. The van der Waals surface area contributed by atoms with E-state index in [1.165, 1.54) is 36.9 Å². The average molecular weight is 272 g/mol. The van der Waals surface area contributed by atoms with Gasteiger partial charge in [0.25, 0.3) is 0 Å². The molecular formula is C18H28N2. The third-order valence-corrected chi connectivity index (χ3v) is 5.36. The summed E-state index contributed by atoms with van der Waals surface area (Å²) in [6.45, 7) is 10.4. The Morgan fingerprint density at radius 2 is 1.95 bits per heavy atom. The summed E-state index contributed by atoms with van der Waals surface area (Å²) in [4.78, 5) is 2.75. The van der Waals surface area contributed by atoms with Crippen LogP contribution in [0.15, 0.2) is 24.3 Å². The molecule has 1 aromatic carbocycles. The number of rotatable bonds is 4. The second-order valence-corrected chi connectivity index (χ2v) is 6.98. The Kier molecular flexibility index (Phi) is 3.87. The number of benzene rings is 1. The predicted molar refractivity (Wildman–Crippen MR) is 84.8 cm³/mol. The van der Waals surface area contributed by atoms with Gasteiger partial charge < -0.3 is 5.32 Å². The lowest BCUT2D eigenvalue weighted by Crippen LogP contribution is -2.63. The van der Waals surface area contributed by atoms with E-state index in [-0.39, 0.29) is 0 Å². The van der Waals surface area contributed by atoms with Crippen LogP contribution in [0.1, 0.15) is 44.2 Å². The van der Waals surface area contributed by atoms with E-state index in [4.69, 9.17) is 0 Å². The van der Waals surface area contributed by atoms with Crippen LogP contribution >= 0.6 is 0 Å². The molecule has 0 aromatic heterocycles. The molecule has 1 N–H and O–H groups in total. The molecule has 0 bridgehead atoms. The third kappa shape index (κ3) is 2.77. The van der Waals surface area contributed by atoms with Gasteiger partial charge in [0.05, 0.1) is 0 Å². The van der Waals surface area contributed by atoms with Crippen molar-refractivity contribution in [1.82, 2.24) is 10.2 Å². The largest absolute Gasteiger partial charge is 0.311 e. The van der Waals surface area contributed by atoms with Crippen LogP contribution in [-0.2, 0) is 6.54 Å². The molecule has 2 atom stereocenters. The fraction of sp³-hybridized carbons (Fsp3) is 0.667. The van der Waals surface area contributed by atoms with Crippen molar-refractivity contribution in [3.8, 4) is 0 Å². The van der Waals surface area contributed by atoms with Crippen LogP contribution in [0.4, 0.5) is 0 Å². The first kappa shape index (κ1) is 14.1. The summed E-state index contributed by atoms with van der Waals surface area (Å²) in [5, 5.41) is 3.76. The van der Waals surface area contributed by atoms with Gasteiger partial charge in [-0.25, -0.2) is 0 Å². The van der Waals surface area contributed by atoms with Crippen LogP contribution in [0.3, 0.4) is 0 Å². The van der Waals surface area contributed by atoms with Crippen molar-refractivity contribution >= 4 is 0 Å². The molecule has 2 nitrogen and oxygen atoms in total. The van der Waals surface area contributed by atoms with E-state index >= 15 is 0 Å². The van der Waals surface area contributed by atoms with Crippen molar-refractivity contribution < 1.29 is 0 Å². The second kappa shape index (κ2) is 5.50. The molecule has 1 aliphatic carbocycles. The Bertz CT molecular complexity index is 449. The molecule has 2 heteroatoms. The van der Waals surface area contributed by atoms with Crippen molar-refractivity contribution in [2.24, 2.45) is 5.92 Å². The number of hydrogen-bond acceptors (Lipinski definition) is 2. The highest BCUT2D eigenvalue weighted by atomic mass is 15.3. The molecule has 2 aliphatic rings. The van der Waals surface area contributed by atoms with Gasteiger partial charge in [0.1, 0.15) is 0 Å². The summed E-state index contributed by atoms with van der Waals surface area (Å²) in [6.07, 6.45) is 4.06. The van der Waals surface area contributed by atoms with Crippen molar-refractivity contribution in [1.29, 1.82) is 0 Å². The Morgan fingerprint density at radius 3 is 2.55 bits per heavy atom. The molecule has 3 rings (SSSR count). The fourth-order valence-electron chi connectivity index (χ4n) is 3.54. The first-order chi connectivity index (χ1) is 9.61. The molecule has 110 valence electrons. The number of aryl methyl sites for hydroxylation is 1. The maximum absolute atomic E-state index is 3.76. The zero-order chi connectivity index (χ0) is 14.2. The van der Waals surface area contributed by atoms with Gasteiger partial charge in [-0.1, -0.05) is 36.8 Å². The summed E-state index contributed by atoms with van der Waals surface area (Å²) in [7, 11) is 0. The maximum Gasteiger partial charge on any atom is 0.0338 e. The highest BCUT2D eigenvalue weighted by Gasteiger charge is 2.47. The summed E-state index contributed by atoms with van der Waals surface area (Å²) in [6, 6.07) is 9.73. The number of hydrogen-bond donors (Lipinski definition) is 1. The summed E-state index contributed by atoms with van der Waals surface area (Å²) >= 11 is 0. The Hall–Kier alpha value is -0.860. The van der Waals surface area contributed by atoms with Crippen molar-refractivity contribution in [2.75, 3.05) is 13.1 Å². The van der Waals surface area contributed by atoms with E-state index in [1.807, 2.05) is 0 Å². The molecule has 20 heavy (non-hydrogen) atoms. The molecule has 1 aromatic rings. The lowest BCUT2D eigenvalue weighted by Gasteiger charge is -2.48. The van der Waals surface area contributed by atoms with E-state index < -0.39 is 0 Å². The van der Waals surface area contributed by atoms with Gasteiger partial charge in [-0.3, -0.25) is 4.90 Å². The van der Waals surface area contributed by atoms with Gasteiger partial charge in [-0.15, -0.1) is 0 Å². The van der Waals surface area contributed by atoms with Gasteiger partial charge in [0.15, 0.2) is 0 Å². The molecule has 1 saturated heterocycles. The zero-order valence-electron chi connectivity index (χ0n) is 13.2. The SMILES string of the molecule is CCC1CN(Cc2ccc(C)cc2)C(C)(C2CC2)CN1. The van der Waals surface area contributed by atoms with Crippen LogP contribution in [-0.4, -0.2) is 29.6 Å². The van der Waals surface area contributed by atoms with E-state index in [0.717, 1.165) is 19.0 Å². The number of nitrogens with zero attached hydrogens (tertiary/aromatic N) is 1. The van der Waals surface area contributed by atoms with Gasteiger partial charge in [-0.05, 0) is 44.6 Å². The molecule has 0 spiro atoms. The van der Waals surface area contributed by atoms with Crippen LogP contribution in [0, 0.1) is 12.8 Å². The summed E-state index contributed by atoms with van der Waals surface area (Å²) in [5.41, 5.74) is 3.17. The quantitative estimate of drug-likeness (QED) is 0.904. The van der Waals surface area contributed by atoms with Gasteiger partial charge in [-0.2, -0.15) is 0 Å². The van der Waals surface area contributed by atoms with Gasteiger partial charge in [0.2, 0.25) is 0 Å². The molecular weight excluding hydrogens is 244 g/mol. The topological polar surface area (TPSA) is 15.3 Å². The summed E-state index contributed by atoms with van der Waals surface area (Å²) in [5.74, 6) is 0.901. The minimum Gasteiger partial charge on any atom is -0.311 e. The van der Waals surface area contributed by atoms with Crippen molar-refractivity contribution in [3.63, 3.8) is 0 Å². The monoisotopic (exact) mass is 272 g/mol.